The van der Waals surface area contributed by atoms with Gasteiger partial charge in [0.25, 0.3) is 5.56 Å². The molecule has 0 spiro atoms. The zero-order chi connectivity index (χ0) is 15.0. The van der Waals surface area contributed by atoms with Crippen LogP contribution in [-0.4, -0.2) is 24.1 Å². The predicted molar refractivity (Wildman–Crippen MR) is 90.4 cm³/mol. The average Bonchev–Trinajstić information content (AvgIpc) is 2.80. The molecule has 1 aliphatic carbocycles. The summed E-state index contributed by atoms with van der Waals surface area (Å²) in [5.74, 6) is 0.455. The number of hydrogen-bond acceptors (Lipinski definition) is 4. The van der Waals surface area contributed by atoms with Crippen LogP contribution in [0.5, 0.6) is 0 Å². The maximum atomic E-state index is 11.4. The van der Waals surface area contributed by atoms with Crippen molar-refractivity contribution in [2.45, 2.75) is 18.9 Å². The van der Waals surface area contributed by atoms with E-state index in [9.17, 15) is 9.59 Å². The van der Waals surface area contributed by atoms with Crippen LogP contribution in [0.3, 0.4) is 0 Å². The first-order valence-corrected chi connectivity index (χ1v) is 6.94. The summed E-state index contributed by atoms with van der Waals surface area (Å²) in [4.78, 5) is 29.6. The predicted octanol–water partition coefficient (Wildman–Crippen LogP) is 1.65. The standard InChI is InChI=1S/C15H18N4O2.ClH/c1-19(2)12-5-3-4-9-10(12)6-7-11(9)16-13-8-14(20)18-15(21)17-13;/h3-5,8,11H,6-7H2,1-2H3,(H3,16,17,18,20,21);1H. The number of aromatic amines is 2. The van der Waals surface area contributed by atoms with Gasteiger partial charge in [0.1, 0.15) is 5.82 Å². The fourth-order valence-corrected chi connectivity index (χ4v) is 2.94. The van der Waals surface area contributed by atoms with E-state index in [1.54, 1.807) is 0 Å². The van der Waals surface area contributed by atoms with Crippen LogP contribution in [0.25, 0.3) is 0 Å². The lowest BCUT2D eigenvalue weighted by atomic mass is 10.1. The van der Waals surface area contributed by atoms with Gasteiger partial charge in [-0.25, -0.2) is 4.79 Å². The Hall–Kier alpha value is -2.21. The van der Waals surface area contributed by atoms with Gasteiger partial charge in [0, 0.05) is 25.8 Å². The molecule has 6 nitrogen and oxygen atoms in total. The molecular formula is C15H19ClN4O2. The zero-order valence-electron chi connectivity index (χ0n) is 12.5. The summed E-state index contributed by atoms with van der Waals surface area (Å²) in [6.45, 7) is 0. The van der Waals surface area contributed by atoms with E-state index in [1.807, 2.05) is 20.2 Å². The number of H-pyrrole nitrogens is 2. The Morgan fingerprint density at radius 3 is 2.68 bits per heavy atom. The number of nitrogens with zero attached hydrogens (tertiary/aromatic N) is 1. The topological polar surface area (TPSA) is 81.0 Å². The second-order valence-corrected chi connectivity index (χ2v) is 5.48. The van der Waals surface area contributed by atoms with E-state index < -0.39 is 11.2 Å². The van der Waals surface area contributed by atoms with Gasteiger partial charge < -0.3 is 10.2 Å². The summed E-state index contributed by atoms with van der Waals surface area (Å²) in [5.41, 5.74) is 2.87. The van der Waals surface area contributed by atoms with Crippen molar-refractivity contribution in [3.05, 3.63) is 56.2 Å². The quantitative estimate of drug-likeness (QED) is 0.802. The number of halogens is 1. The van der Waals surface area contributed by atoms with Crippen LogP contribution < -0.4 is 21.5 Å². The Bertz CT molecular complexity index is 753. The molecular weight excluding hydrogens is 304 g/mol. The van der Waals surface area contributed by atoms with Gasteiger partial charge in [-0.2, -0.15) is 0 Å². The Labute approximate surface area is 134 Å². The number of nitrogens with one attached hydrogen (secondary N) is 3. The lowest BCUT2D eigenvalue weighted by Gasteiger charge is -2.19. The third-order valence-electron chi connectivity index (χ3n) is 3.82. The van der Waals surface area contributed by atoms with Crippen LogP contribution >= 0.6 is 12.4 Å². The molecule has 0 saturated carbocycles. The minimum absolute atomic E-state index is 0. The highest BCUT2D eigenvalue weighted by Gasteiger charge is 2.25. The van der Waals surface area contributed by atoms with Gasteiger partial charge in [-0.1, -0.05) is 12.1 Å². The van der Waals surface area contributed by atoms with Crippen molar-refractivity contribution in [2.75, 3.05) is 24.3 Å². The largest absolute Gasteiger partial charge is 0.377 e. The Balaban J connectivity index is 0.00000176. The third-order valence-corrected chi connectivity index (χ3v) is 3.82. The van der Waals surface area contributed by atoms with Gasteiger partial charge in [-0.3, -0.25) is 14.8 Å². The molecule has 1 aliphatic rings. The van der Waals surface area contributed by atoms with Gasteiger partial charge in [-0.05, 0) is 30.0 Å². The first-order chi connectivity index (χ1) is 10.0. The van der Waals surface area contributed by atoms with E-state index in [2.05, 4.69) is 32.3 Å². The molecule has 0 radical (unpaired) electrons. The van der Waals surface area contributed by atoms with E-state index in [4.69, 9.17) is 0 Å². The molecule has 0 fully saturated rings. The van der Waals surface area contributed by atoms with Crippen molar-refractivity contribution in [3.63, 3.8) is 0 Å². The molecule has 0 saturated heterocycles. The highest BCUT2D eigenvalue weighted by molar-refractivity contribution is 5.85. The monoisotopic (exact) mass is 322 g/mol. The van der Waals surface area contributed by atoms with Crippen molar-refractivity contribution in [1.82, 2.24) is 9.97 Å². The molecule has 118 valence electrons. The third kappa shape index (κ3) is 3.01. The molecule has 0 aliphatic heterocycles. The molecule has 1 aromatic heterocycles. The molecule has 3 N–H and O–H groups in total. The van der Waals surface area contributed by atoms with Gasteiger partial charge in [0.15, 0.2) is 0 Å². The summed E-state index contributed by atoms with van der Waals surface area (Å²) in [5, 5.41) is 3.25. The van der Waals surface area contributed by atoms with Gasteiger partial charge in [0.05, 0.1) is 6.04 Å². The Morgan fingerprint density at radius 1 is 1.23 bits per heavy atom. The van der Waals surface area contributed by atoms with Crippen molar-refractivity contribution in [2.24, 2.45) is 0 Å². The summed E-state index contributed by atoms with van der Waals surface area (Å²) in [6, 6.07) is 7.72. The van der Waals surface area contributed by atoms with Gasteiger partial charge >= 0.3 is 5.69 Å². The maximum absolute atomic E-state index is 11.4. The fourth-order valence-electron chi connectivity index (χ4n) is 2.94. The molecule has 1 aromatic carbocycles. The minimum atomic E-state index is -0.495. The van der Waals surface area contributed by atoms with Crippen LogP contribution in [0.15, 0.2) is 33.9 Å². The Kier molecular flexibility index (Phi) is 4.61. The lowest BCUT2D eigenvalue weighted by molar-refractivity contribution is 0.754. The molecule has 7 heteroatoms. The number of benzene rings is 1. The maximum Gasteiger partial charge on any atom is 0.327 e. The second kappa shape index (κ2) is 6.27. The lowest BCUT2D eigenvalue weighted by Crippen LogP contribution is -2.23. The van der Waals surface area contributed by atoms with E-state index in [0.29, 0.717) is 5.82 Å². The zero-order valence-corrected chi connectivity index (χ0v) is 13.3. The van der Waals surface area contributed by atoms with Gasteiger partial charge in [-0.15, -0.1) is 12.4 Å². The van der Waals surface area contributed by atoms with E-state index in [1.165, 1.54) is 22.9 Å². The number of aromatic nitrogens is 2. The molecule has 0 bridgehead atoms. The molecule has 1 atom stereocenters. The van der Waals surface area contributed by atoms with Gasteiger partial charge in [0.2, 0.25) is 0 Å². The van der Waals surface area contributed by atoms with Crippen molar-refractivity contribution in [1.29, 1.82) is 0 Å². The Morgan fingerprint density at radius 2 is 2.00 bits per heavy atom. The smallest absolute Gasteiger partial charge is 0.327 e. The number of anilines is 2. The summed E-state index contributed by atoms with van der Waals surface area (Å²) < 4.78 is 0. The normalized spacial score (nSPS) is 15.8. The first kappa shape index (κ1) is 16.2. The van der Waals surface area contributed by atoms with E-state index in [-0.39, 0.29) is 18.4 Å². The minimum Gasteiger partial charge on any atom is -0.377 e. The summed E-state index contributed by atoms with van der Waals surface area (Å²) in [7, 11) is 4.06. The van der Waals surface area contributed by atoms with Crippen molar-refractivity contribution in [3.8, 4) is 0 Å². The fraction of sp³-hybridized carbons (Fsp3) is 0.333. The second-order valence-electron chi connectivity index (χ2n) is 5.48. The average molecular weight is 323 g/mol. The molecule has 22 heavy (non-hydrogen) atoms. The van der Waals surface area contributed by atoms with Crippen LogP contribution in [0, 0.1) is 0 Å². The summed E-state index contributed by atoms with van der Waals surface area (Å²) >= 11 is 0. The number of fused-ring (bicyclic) bond motifs is 1. The highest BCUT2D eigenvalue weighted by atomic mass is 35.5. The SMILES string of the molecule is CN(C)c1cccc2c1CCC2Nc1cc(=O)[nH]c(=O)[nH]1.Cl. The van der Waals surface area contributed by atoms with Crippen LogP contribution in [0.4, 0.5) is 11.5 Å². The van der Waals surface area contributed by atoms with Crippen LogP contribution in [-0.2, 0) is 6.42 Å². The van der Waals surface area contributed by atoms with Crippen LogP contribution in [0.1, 0.15) is 23.6 Å². The molecule has 1 unspecified atom stereocenters. The first-order valence-electron chi connectivity index (χ1n) is 6.94. The number of rotatable bonds is 3. The van der Waals surface area contributed by atoms with Crippen molar-refractivity contribution >= 4 is 23.9 Å². The van der Waals surface area contributed by atoms with E-state index in [0.717, 1.165) is 12.8 Å². The molecule has 0 amide bonds. The van der Waals surface area contributed by atoms with Crippen LogP contribution in [0.2, 0.25) is 0 Å². The van der Waals surface area contributed by atoms with Crippen molar-refractivity contribution < 1.29 is 0 Å². The molecule has 2 aromatic rings. The van der Waals surface area contributed by atoms with E-state index >= 15 is 0 Å². The summed E-state index contributed by atoms with van der Waals surface area (Å²) in [6.07, 6.45) is 1.92. The molecule has 1 heterocycles. The highest BCUT2D eigenvalue weighted by Crippen LogP contribution is 2.38. The molecule has 3 rings (SSSR count). The number of hydrogen-bond donors (Lipinski definition) is 3.